The van der Waals surface area contributed by atoms with E-state index in [2.05, 4.69) is 38.1 Å². The molecule has 0 spiro atoms. The van der Waals surface area contributed by atoms with Crippen LogP contribution in [0.3, 0.4) is 0 Å². The molecular weight excluding hydrogens is 184 g/mol. The van der Waals surface area contributed by atoms with E-state index < -0.39 is 0 Å². The Kier molecular flexibility index (Phi) is 2.83. The van der Waals surface area contributed by atoms with Gasteiger partial charge in [0.1, 0.15) is 0 Å². The molecule has 1 aromatic rings. The van der Waals surface area contributed by atoms with Gasteiger partial charge < -0.3 is 5.11 Å². The molecule has 1 aromatic carbocycles. The summed E-state index contributed by atoms with van der Waals surface area (Å²) in [7, 11) is 0. The molecule has 0 aliphatic heterocycles. The Morgan fingerprint density at radius 3 is 2.53 bits per heavy atom. The van der Waals surface area contributed by atoms with Gasteiger partial charge in [0.25, 0.3) is 0 Å². The lowest BCUT2D eigenvalue weighted by Gasteiger charge is -2.23. The van der Waals surface area contributed by atoms with Crippen molar-refractivity contribution in [2.75, 3.05) is 0 Å². The second kappa shape index (κ2) is 3.97. The topological polar surface area (TPSA) is 20.2 Å². The van der Waals surface area contributed by atoms with Gasteiger partial charge in [-0.3, -0.25) is 0 Å². The van der Waals surface area contributed by atoms with Crippen LogP contribution in [-0.2, 0) is 6.42 Å². The third kappa shape index (κ3) is 2.60. The third-order valence-corrected chi connectivity index (χ3v) is 3.56. The second-order valence-electron chi connectivity index (χ2n) is 5.37. The predicted molar refractivity (Wildman–Crippen MR) is 62.8 cm³/mol. The summed E-state index contributed by atoms with van der Waals surface area (Å²) in [5, 5.41) is 9.59. The van der Waals surface area contributed by atoms with Crippen molar-refractivity contribution in [3.63, 3.8) is 0 Å². The zero-order chi connectivity index (χ0) is 10.9. The van der Waals surface area contributed by atoms with Gasteiger partial charge in [0.05, 0.1) is 6.10 Å². The van der Waals surface area contributed by atoms with Gasteiger partial charge in [0, 0.05) is 0 Å². The molecule has 2 atom stereocenters. The van der Waals surface area contributed by atoms with Gasteiger partial charge in [0.2, 0.25) is 0 Å². The molecule has 1 aliphatic carbocycles. The summed E-state index contributed by atoms with van der Waals surface area (Å²) in [6.45, 7) is 4.41. The van der Waals surface area contributed by atoms with Gasteiger partial charge in [0.15, 0.2) is 0 Å². The maximum absolute atomic E-state index is 9.59. The van der Waals surface area contributed by atoms with Crippen molar-refractivity contribution >= 4 is 0 Å². The van der Waals surface area contributed by atoms with Crippen molar-refractivity contribution in [2.45, 2.75) is 45.6 Å². The summed E-state index contributed by atoms with van der Waals surface area (Å²) in [5.41, 5.74) is 3.03. The normalized spacial score (nSPS) is 30.7. The molecule has 0 amide bonds. The molecule has 0 saturated heterocycles. The fourth-order valence-electron chi connectivity index (χ4n) is 2.65. The van der Waals surface area contributed by atoms with E-state index in [1.807, 2.05) is 0 Å². The first-order valence-electron chi connectivity index (χ1n) is 5.81. The minimum absolute atomic E-state index is 0.0690. The molecule has 1 N–H and O–H groups in total. The van der Waals surface area contributed by atoms with Crippen LogP contribution in [0, 0.1) is 12.3 Å². The highest BCUT2D eigenvalue weighted by molar-refractivity contribution is 5.22. The molecule has 0 heterocycles. The summed E-state index contributed by atoms with van der Waals surface area (Å²) < 4.78 is 0. The van der Waals surface area contributed by atoms with Crippen LogP contribution in [0.5, 0.6) is 0 Å². The second-order valence-corrected chi connectivity index (χ2v) is 5.37. The Morgan fingerprint density at radius 2 is 2.00 bits per heavy atom. The molecule has 0 radical (unpaired) electrons. The third-order valence-electron chi connectivity index (χ3n) is 3.56. The van der Waals surface area contributed by atoms with Crippen LogP contribution < -0.4 is 0 Å². The summed E-state index contributed by atoms with van der Waals surface area (Å²) in [5.74, 6) is 0. The van der Waals surface area contributed by atoms with Gasteiger partial charge >= 0.3 is 0 Å². The van der Waals surface area contributed by atoms with E-state index >= 15 is 0 Å². The molecule has 82 valence electrons. The molecule has 0 bridgehead atoms. The average Bonchev–Trinajstić information content (AvgIpc) is 2.50. The number of benzene rings is 1. The molecule has 1 aliphatic rings. The molecule has 2 unspecified atom stereocenters. The Morgan fingerprint density at radius 1 is 1.33 bits per heavy atom. The number of aryl methyl sites for hydroxylation is 1. The first-order chi connectivity index (χ1) is 7.07. The highest BCUT2D eigenvalue weighted by Gasteiger charge is 2.33. The fourth-order valence-corrected chi connectivity index (χ4v) is 2.65. The number of aliphatic hydroxyl groups is 1. The van der Waals surface area contributed by atoms with Gasteiger partial charge in [-0.1, -0.05) is 36.8 Å². The number of rotatable bonds is 2. The molecule has 1 nitrogen and oxygen atoms in total. The van der Waals surface area contributed by atoms with Crippen LogP contribution in [-0.4, -0.2) is 11.2 Å². The average molecular weight is 204 g/mol. The van der Waals surface area contributed by atoms with Crippen LogP contribution in [0.4, 0.5) is 0 Å². The van der Waals surface area contributed by atoms with Gasteiger partial charge in [-0.15, -0.1) is 0 Å². The Labute approximate surface area is 92.1 Å². The van der Waals surface area contributed by atoms with Crippen LogP contribution >= 0.6 is 0 Å². The highest BCUT2D eigenvalue weighted by atomic mass is 16.3. The maximum atomic E-state index is 9.59. The van der Waals surface area contributed by atoms with E-state index in [0.29, 0.717) is 5.41 Å². The lowest BCUT2D eigenvalue weighted by atomic mass is 9.82. The zero-order valence-corrected chi connectivity index (χ0v) is 9.66. The van der Waals surface area contributed by atoms with Gasteiger partial charge in [-0.05, 0) is 43.6 Å². The number of hydrogen-bond donors (Lipinski definition) is 1. The first kappa shape index (κ1) is 10.7. The van der Waals surface area contributed by atoms with Crippen molar-refractivity contribution in [1.29, 1.82) is 0 Å². The molecular formula is C14H20O. The van der Waals surface area contributed by atoms with Gasteiger partial charge in [-0.25, -0.2) is 0 Å². The zero-order valence-electron chi connectivity index (χ0n) is 9.66. The summed E-state index contributed by atoms with van der Waals surface area (Å²) in [6, 6.07) is 8.77. The maximum Gasteiger partial charge on any atom is 0.0545 e. The van der Waals surface area contributed by atoms with E-state index in [0.717, 1.165) is 25.7 Å². The summed E-state index contributed by atoms with van der Waals surface area (Å²) in [4.78, 5) is 0. The van der Waals surface area contributed by atoms with E-state index in [1.54, 1.807) is 0 Å². The Hall–Kier alpha value is -0.820. The summed E-state index contributed by atoms with van der Waals surface area (Å²) >= 11 is 0. The fraction of sp³-hybridized carbons (Fsp3) is 0.571. The predicted octanol–water partition coefficient (Wildman–Crippen LogP) is 3.09. The van der Waals surface area contributed by atoms with Crippen molar-refractivity contribution in [1.82, 2.24) is 0 Å². The number of aliphatic hydroxyl groups excluding tert-OH is 1. The van der Waals surface area contributed by atoms with Crippen LogP contribution in [0.25, 0.3) is 0 Å². The standard InChI is InChI=1S/C14H20O/c1-11-3-5-12(6-4-11)9-14(2)8-7-13(15)10-14/h3-6,13,15H,7-10H2,1-2H3. The highest BCUT2D eigenvalue weighted by Crippen LogP contribution is 2.40. The monoisotopic (exact) mass is 204 g/mol. The van der Waals surface area contributed by atoms with E-state index in [9.17, 15) is 5.11 Å². The molecule has 1 saturated carbocycles. The molecule has 1 heteroatoms. The molecule has 15 heavy (non-hydrogen) atoms. The molecule has 1 fully saturated rings. The molecule has 0 aromatic heterocycles. The minimum atomic E-state index is -0.0690. The van der Waals surface area contributed by atoms with Gasteiger partial charge in [-0.2, -0.15) is 0 Å². The number of hydrogen-bond acceptors (Lipinski definition) is 1. The van der Waals surface area contributed by atoms with Crippen molar-refractivity contribution in [2.24, 2.45) is 5.41 Å². The SMILES string of the molecule is Cc1ccc(CC2(C)CCC(O)C2)cc1. The molecule has 2 rings (SSSR count). The van der Waals surface area contributed by atoms with Crippen LogP contribution in [0.15, 0.2) is 24.3 Å². The van der Waals surface area contributed by atoms with Crippen molar-refractivity contribution in [3.8, 4) is 0 Å². The lowest BCUT2D eigenvalue weighted by Crippen LogP contribution is -2.16. The smallest absolute Gasteiger partial charge is 0.0545 e. The van der Waals surface area contributed by atoms with E-state index in [-0.39, 0.29) is 6.10 Å². The Bertz CT molecular complexity index is 328. The lowest BCUT2D eigenvalue weighted by molar-refractivity contribution is 0.163. The Balaban J connectivity index is 2.05. The van der Waals surface area contributed by atoms with Crippen LogP contribution in [0.1, 0.15) is 37.3 Å². The van der Waals surface area contributed by atoms with Crippen molar-refractivity contribution < 1.29 is 5.11 Å². The summed E-state index contributed by atoms with van der Waals surface area (Å²) in [6.07, 6.45) is 4.12. The largest absolute Gasteiger partial charge is 0.393 e. The first-order valence-corrected chi connectivity index (χ1v) is 5.81. The van der Waals surface area contributed by atoms with E-state index in [4.69, 9.17) is 0 Å². The van der Waals surface area contributed by atoms with E-state index in [1.165, 1.54) is 11.1 Å². The quantitative estimate of drug-likeness (QED) is 0.785. The van der Waals surface area contributed by atoms with Crippen LogP contribution in [0.2, 0.25) is 0 Å². The minimum Gasteiger partial charge on any atom is -0.393 e. The van der Waals surface area contributed by atoms with Crippen molar-refractivity contribution in [3.05, 3.63) is 35.4 Å².